The fraction of sp³-hybridized carbons (Fsp3) is 1.00. The molecule has 1 atom stereocenters. The molecule has 0 aliphatic rings. The zero-order chi connectivity index (χ0) is 25.0. The van der Waals surface area contributed by atoms with Crippen LogP contribution in [-0.2, 0) is 32.9 Å². The molecule has 0 fully saturated rings. The summed E-state index contributed by atoms with van der Waals surface area (Å²) in [7, 11) is -4.21. The average molecular weight is 513 g/mol. The fourth-order valence-corrected chi connectivity index (χ4v) is 4.01. The van der Waals surface area contributed by atoms with E-state index in [4.69, 9.17) is 23.6 Å². The van der Waals surface area contributed by atoms with Gasteiger partial charge in [-0.1, -0.05) is 96.8 Å². The Morgan fingerprint density at radius 3 is 1.41 bits per heavy atom. The van der Waals surface area contributed by atoms with Crippen LogP contribution in [0.25, 0.3) is 0 Å². The van der Waals surface area contributed by atoms with E-state index in [1.807, 2.05) is 6.92 Å². The lowest BCUT2D eigenvalue weighted by Crippen LogP contribution is -2.11. The van der Waals surface area contributed by atoms with E-state index >= 15 is 0 Å². The van der Waals surface area contributed by atoms with Crippen molar-refractivity contribution < 1.29 is 37.8 Å². The molecule has 0 aromatic heterocycles. The van der Waals surface area contributed by atoms with Gasteiger partial charge in [0.15, 0.2) is 0 Å². The Morgan fingerprint density at radius 2 is 0.941 bits per heavy atom. The van der Waals surface area contributed by atoms with E-state index in [1.54, 1.807) is 0 Å². The molecule has 0 aromatic carbocycles. The molecule has 1 N–H and O–H groups in total. The van der Waals surface area contributed by atoms with Crippen LogP contribution in [0.3, 0.4) is 0 Å². The van der Waals surface area contributed by atoms with Crippen LogP contribution in [0.2, 0.25) is 0 Å². The van der Waals surface area contributed by atoms with Gasteiger partial charge in [-0.25, -0.2) is 9.45 Å². The smallest absolute Gasteiger partial charge is 0.379 e. The van der Waals surface area contributed by atoms with E-state index in [0.717, 1.165) is 19.3 Å². The van der Waals surface area contributed by atoms with E-state index in [-0.39, 0.29) is 19.8 Å². The van der Waals surface area contributed by atoms with Crippen molar-refractivity contribution >= 4 is 7.82 Å². The molecule has 0 rings (SSSR count). The zero-order valence-corrected chi connectivity index (χ0v) is 22.9. The number of phosphoric acid groups is 1. The largest absolute Gasteiger partial charge is 0.499 e. The highest BCUT2D eigenvalue weighted by atomic mass is 31.2. The van der Waals surface area contributed by atoms with Gasteiger partial charge < -0.3 is 19.1 Å². The summed E-state index contributed by atoms with van der Waals surface area (Å²) in [6, 6.07) is 0. The van der Waals surface area contributed by atoms with Crippen LogP contribution in [0.15, 0.2) is 0 Å². The van der Waals surface area contributed by atoms with E-state index < -0.39 is 7.82 Å². The van der Waals surface area contributed by atoms with Crippen LogP contribution in [0.1, 0.15) is 110 Å². The molecule has 0 spiro atoms. The van der Waals surface area contributed by atoms with Gasteiger partial charge >= 0.3 is 7.82 Å². The fourth-order valence-electron chi connectivity index (χ4n) is 3.45. The van der Waals surface area contributed by atoms with E-state index in [0.29, 0.717) is 33.0 Å². The van der Waals surface area contributed by atoms with Gasteiger partial charge in [-0.15, -0.1) is 4.67 Å². The van der Waals surface area contributed by atoms with Crippen LogP contribution < -0.4 is 0 Å². The molecule has 8 nitrogen and oxygen atoms in total. The van der Waals surface area contributed by atoms with Crippen LogP contribution in [0.5, 0.6) is 0 Å². The lowest BCUT2D eigenvalue weighted by atomic mass is 10.0. The molecule has 0 radical (unpaired) electrons. The summed E-state index contributed by atoms with van der Waals surface area (Å²) in [5.41, 5.74) is 0. The summed E-state index contributed by atoms with van der Waals surface area (Å²) < 4.78 is 36.7. The standard InChI is InChI=1S/C25H53O8P/c1-3-5-6-7-8-9-10-11-12-13-14-15-16-17-18-19-31-33-34(26,27)32-25-24-30-23-22-29-21-20-28-4-2/h3-25H2,1-2H3,(H,26,27). The molecule has 0 aromatic rings. The summed E-state index contributed by atoms with van der Waals surface area (Å²) in [6.07, 6.45) is 19.3. The summed E-state index contributed by atoms with van der Waals surface area (Å²) in [6.45, 7) is 7.14. The first-order valence-electron chi connectivity index (χ1n) is 13.6. The highest BCUT2D eigenvalue weighted by Crippen LogP contribution is 2.43. The maximum Gasteiger partial charge on any atom is 0.499 e. The Hall–Kier alpha value is -0.0500. The molecule has 0 bridgehead atoms. The minimum absolute atomic E-state index is 0.0605. The van der Waals surface area contributed by atoms with Gasteiger partial charge in [-0.05, 0) is 13.3 Å². The van der Waals surface area contributed by atoms with Gasteiger partial charge in [-0.3, -0.25) is 4.52 Å². The predicted octanol–water partition coefficient (Wildman–Crippen LogP) is 6.99. The lowest BCUT2D eigenvalue weighted by molar-refractivity contribution is -0.225. The van der Waals surface area contributed by atoms with Gasteiger partial charge in [-0.2, -0.15) is 0 Å². The highest BCUT2D eigenvalue weighted by Gasteiger charge is 2.22. The Kier molecular flexibility index (Phi) is 27.5. The first-order valence-corrected chi connectivity index (χ1v) is 15.1. The van der Waals surface area contributed by atoms with Crippen molar-refractivity contribution in [1.29, 1.82) is 0 Å². The normalized spacial score (nSPS) is 13.4. The molecule has 0 amide bonds. The van der Waals surface area contributed by atoms with Crippen LogP contribution in [0.4, 0.5) is 0 Å². The predicted molar refractivity (Wildman–Crippen MR) is 136 cm³/mol. The minimum atomic E-state index is -4.21. The van der Waals surface area contributed by atoms with Crippen molar-refractivity contribution in [2.75, 3.05) is 52.9 Å². The van der Waals surface area contributed by atoms with E-state index in [1.165, 1.54) is 77.0 Å². The van der Waals surface area contributed by atoms with Crippen LogP contribution in [-0.4, -0.2) is 57.7 Å². The maximum absolute atomic E-state index is 11.7. The third-order valence-corrected chi connectivity index (χ3v) is 6.21. The molecular formula is C25H53O8P. The number of phosphoric ester groups is 1. The summed E-state index contributed by atoms with van der Waals surface area (Å²) in [4.78, 5) is 14.4. The second-order valence-electron chi connectivity index (χ2n) is 8.57. The van der Waals surface area contributed by atoms with Crippen LogP contribution >= 0.6 is 7.82 Å². The van der Waals surface area contributed by atoms with Crippen molar-refractivity contribution in [2.45, 2.75) is 110 Å². The van der Waals surface area contributed by atoms with Gasteiger partial charge in [0.2, 0.25) is 0 Å². The number of hydrogen-bond donors (Lipinski definition) is 1. The average Bonchev–Trinajstić information content (AvgIpc) is 2.82. The lowest BCUT2D eigenvalue weighted by Gasteiger charge is -2.11. The molecule has 206 valence electrons. The van der Waals surface area contributed by atoms with Crippen molar-refractivity contribution in [1.82, 2.24) is 0 Å². The first kappa shape index (κ1) is 34.0. The van der Waals surface area contributed by atoms with Gasteiger partial charge in [0.1, 0.15) is 0 Å². The maximum atomic E-state index is 11.7. The molecule has 0 saturated carbocycles. The second-order valence-corrected chi connectivity index (χ2v) is 9.91. The number of ether oxygens (including phenoxy) is 3. The molecule has 0 aliphatic heterocycles. The topological polar surface area (TPSA) is 92.7 Å². The second kappa shape index (κ2) is 27.5. The van der Waals surface area contributed by atoms with E-state index in [9.17, 15) is 9.46 Å². The quantitative estimate of drug-likeness (QED) is 0.0496. The Morgan fingerprint density at radius 1 is 0.529 bits per heavy atom. The highest BCUT2D eigenvalue weighted by molar-refractivity contribution is 7.47. The molecule has 0 saturated heterocycles. The monoisotopic (exact) mass is 512 g/mol. The van der Waals surface area contributed by atoms with Crippen molar-refractivity contribution in [2.24, 2.45) is 0 Å². The van der Waals surface area contributed by atoms with Gasteiger partial charge in [0, 0.05) is 6.61 Å². The summed E-state index contributed by atoms with van der Waals surface area (Å²) in [5, 5.41) is 0. The molecule has 9 heteroatoms. The van der Waals surface area contributed by atoms with Gasteiger partial charge in [0.05, 0.1) is 46.2 Å². The summed E-state index contributed by atoms with van der Waals surface area (Å²) >= 11 is 0. The minimum Gasteiger partial charge on any atom is -0.379 e. The first-order chi connectivity index (χ1) is 16.6. The van der Waals surface area contributed by atoms with Crippen molar-refractivity contribution in [3.8, 4) is 0 Å². The zero-order valence-electron chi connectivity index (χ0n) is 22.0. The molecule has 1 unspecified atom stereocenters. The molecular weight excluding hydrogens is 459 g/mol. The number of hydrogen-bond acceptors (Lipinski definition) is 7. The third kappa shape index (κ3) is 28.2. The molecule has 0 heterocycles. The van der Waals surface area contributed by atoms with E-state index in [2.05, 4.69) is 11.6 Å². The Balaban J connectivity index is 3.27. The number of rotatable bonds is 29. The Bertz CT molecular complexity index is 439. The molecule has 0 aliphatic carbocycles. The van der Waals surface area contributed by atoms with Crippen molar-refractivity contribution in [3.05, 3.63) is 0 Å². The van der Waals surface area contributed by atoms with Gasteiger partial charge in [0.25, 0.3) is 0 Å². The van der Waals surface area contributed by atoms with Crippen molar-refractivity contribution in [3.63, 3.8) is 0 Å². The Labute approximate surface area is 208 Å². The third-order valence-electron chi connectivity index (χ3n) is 5.41. The van der Waals surface area contributed by atoms with Crippen LogP contribution in [0, 0.1) is 0 Å². The SMILES string of the molecule is CCCCCCCCCCCCCCCCCOOP(=O)(O)OCCOCCOCCOCC. The molecule has 34 heavy (non-hydrogen) atoms. The summed E-state index contributed by atoms with van der Waals surface area (Å²) in [5.74, 6) is 0. The number of unbranched alkanes of at least 4 members (excludes halogenated alkanes) is 14.